The molecule has 2 heterocycles. The van der Waals surface area contributed by atoms with Gasteiger partial charge in [0.1, 0.15) is 28.8 Å². The average Bonchev–Trinajstić information content (AvgIpc) is 3.16. The third-order valence-electron chi connectivity index (χ3n) is 4.74. The van der Waals surface area contributed by atoms with Crippen LogP contribution in [0.1, 0.15) is 5.82 Å². The molecule has 0 unspecified atom stereocenters. The van der Waals surface area contributed by atoms with Gasteiger partial charge in [-0.2, -0.15) is 0 Å². The molecule has 4 rings (SSSR count). The lowest BCUT2D eigenvalue weighted by Gasteiger charge is -2.11. The number of nitrogens with one attached hydrogen (secondary N) is 1. The number of aryl methyl sites for hydroxylation is 1. The Bertz CT molecular complexity index is 1300. The van der Waals surface area contributed by atoms with Crippen molar-refractivity contribution in [1.82, 2.24) is 9.55 Å². The second-order valence-corrected chi connectivity index (χ2v) is 7.49. The van der Waals surface area contributed by atoms with E-state index in [1.807, 2.05) is 29.6 Å². The Labute approximate surface area is 175 Å². The predicted molar refractivity (Wildman–Crippen MR) is 116 cm³/mol. The second-order valence-electron chi connectivity index (χ2n) is 6.64. The maximum Gasteiger partial charge on any atom is 0.263 e. The molecule has 1 N–H and O–H groups in total. The van der Waals surface area contributed by atoms with Gasteiger partial charge in [0.2, 0.25) is 5.91 Å². The molecule has 2 aromatic heterocycles. The van der Waals surface area contributed by atoms with Gasteiger partial charge >= 0.3 is 0 Å². The Kier molecular flexibility index (Phi) is 5.33. The number of rotatable bonds is 5. The zero-order valence-electron chi connectivity index (χ0n) is 16.3. The van der Waals surface area contributed by atoms with Crippen molar-refractivity contribution in [2.75, 3.05) is 12.4 Å². The Morgan fingerprint density at radius 2 is 1.93 bits per heavy atom. The number of benzene rings is 2. The molecule has 0 saturated carbocycles. The number of anilines is 1. The maximum absolute atomic E-state index is 13.8. The molecule has 2 aromatic carbocycles. The number of methoxy groups -OCH3 is 1. The molecule has 0 spiro atoms. The standard InChI is InChI=1S/C22H18FN3O3S/c1-13-24-21-20(16(12-30-21)14-7-9-15(29-2)10-8-14)22(28)26(13)11-19(27)25-18-6-4-3-5-17(18)23/h3-10,12H,11H2,1-2H3,(H,25,27). The molecule has 0 fully saturated rings. The first-order chi connectivity index (χ1) is 14.5. The van der Waals surface area contributed by atoms with Gasteiger partial charge in [0.15, 0.2) is 0 Å². The van der Waals surface area contributed by atoms with E-state index < -0.39 is 11.7 Å². The summed E-state index contributed by atoms with van der Waals surface area (Å²) in [6.45, 7) is 1.41. The summed E-state index contributed by atoms with van der Waals surface area (Å²) >= 11 is 1.37. The summed E-state index contributed by atoms with van der Waals surface area (Å²) in [5.41, 5.74) is 1.36. The number of para-hydroxylation sites is 1. The predicted octanol–water partition coefficient (Wildman–Crippen LogP) is 4.22. The van der Waals surface area contributed by atoms with Gasteiger partial charge in [-0.15, -0.1) is 11.3 Å². The van der Waals surface area contributed by atoms with Crippen molar-refractivity contribution in [2.24, 2.45) is 0 Å². The number of carbonyl (C=O) groups excluding carboxylic acids is 1. The van der Waals surface area contributed by atoms with E-state index in [1.165, 1.54) is 34.1 Å². The van der Waals surface area contributed by atoms with Crippen molar-refractivity contribution in [2.45, 2.75) is 13.5 Å². The van der Waals surface area contributed by atoms with E-state index in [9.17, 15) is 14.0 Å². The number of aromatic nitrogens is 2. The normalized spacial score (nSPS) is 10.9. The molecular weight excluding hydrogens is 405 g/mol. The van der Waals surface area contributed by atoms with Crippen molar-refractivity contribution in [1.29, 1.82) is 0 Å². The van der Waals surface area contributed by atoms with Crippen molar-refractivity contribution in [3.05, 3.63) is 75.9 Å². The third-order valence-corrected chi connectivity index (χ3v) is 5.61. The summed E-state index contributed by atoms with van der Waals surface area (Å²) in [6, 6.07) is 13.3. The van der Waals surface area contributed by atoms with Crippen LogP contribution in [-0.4, -0.2) is 22.6 Å². The highest BCUT2D eigenvalue weighted by Crippen LogP contribution is 2.32. The first kappa shape index (κ1) is 19.8. The van der Waals surface area contributed by atoms with E-state index in [4.69, 9.17) is 4.74 Å². The minimum atomic E-state index is -0.539. The van der Waals surface area contributed by atoms with E-state index in [2.05, 4.69) is 10.3 Å². The Morgan fingerprint density at radius 1 is 1.20 bits per heavy atom. The molecular formula is C22H18FN3O3S. The van der Waals surface area contributed by atoms with Crippen LogP contribution in [0, 0.1) is 12.7 Å². The lowest BCUT2D eigenvalue weighted by Crippen LogP contribution is -2.30. The van der Waals surface area contributed by atoms with E-state index in [1.54, 1.807) is 20.1 Å². The number of fused-ring (bicyclic) bond motifs is 1. The molecule has 8 heteroatoms. The van der Waals surface area contributed by atoms with Crippen LogP contribution in [-0.2, 0) is 11.3 Å². The number of nitrogens with zero attached hydrogens (tertiary/aromatic N) is 2. The highest BCUT2D eigenvalue weighted by atomic mass is 32.1. The van der Waals surface area contributed by atoms with Crippen molar-refractivity contribution in [3.63, 3.8) is 0 Å². The third kappa shape index (κ3) is 3.69. The number of ether oxygens (including phenoxy) is 1. The lowest BCUT2D eigenvalue weighted by molar-refractivity contribution is -0.116. The molecule has 0 saturated heterocycles. The largest absolute Gasteiger partial charge is 0.497 e. The number of carbonyl (C=O) groups is 1. The van der Waals surface area contributed by atoms with Crippen LogP contribution in [0.25, 0.3) is 21.3 Å². The van der Waals surface area contributed by atoms with Crippen LogP contribution in [0.5, 0.6) is 5.75 Å². The molecule has 0 aliphatic carbocycles. The van der Waals surface area contributed by atoms with Crippen LogP contribution in [0.3, 0.4) is 0 Å². The number of thiophene rings is 1. The Morgan fingerprint density at radius 3 is 2.63 bits per heavy atom. The van der Waals surface area contributed by atoms with Crippen molar-refractivity contribution >= 4 is 33.1 Å². The molecule has 4 aromatic rings. The summed E-state index contributed by atoms with van der Waals surface area (Å²) in [6.07, 6.45) is 0. The average molecular weight is 423 g/mol. The molecule has 152 valence electrons. The summed E-state index contributed by atoms with van der Waals surface area (Å²) in [7, 11) is 1.59. The Hall–Kier alpha value is -3.52. The fraction of sp³-hybridized carbons (Fsp3) is 0.136. The molecule has 1 amide bonds. The molecule has 6 nitrogen and oxygen atoms in total. The highest BCUT2D eigenvalue weighted by molar-refractivity contribution is 7.17. The van der Waals surface area contributed by atoms with E-state index in [0.29, 0.717) is 16.0 Å². The van der Waals surface area contributed by atoms with Crippen molar-refractivity contribution in [3.8, 4) is 16.9 Å². The molecule has 0 aliphatic heterocycles. The van der Waals surface area contributed by atoms with Gasteiger partial charge < -0.3 is 10.1 Å². The van der Waals surface area contributed by atoms with Gasteiger partial charge in [0.05, 0.1) is 18.2 Å². The molecule has 0 bridgehead atoms. The smallest absolute Gasteiger partial charge is 0.263 e. The van der Waals surface area contributed by atoms with Gasteiger partial charge in [-0.3, -0.25) is 14.2 Å². The number of halogens is 1. The van der Waals surface area contributed by atoms with Gasteiger partial charge in [-0.1, -0.05) is 24.3 Å². The summed E-state index contributed by atoms with van der Waals surface area (Å²) in [4.78, 5) is 30.8. The van der Waals surface area contributed by atoms with Crippen molar-refractivity contribution < 1.29 is 13.9 Å². The molecule has 0 radical (unpaired) electrons. The Balaban J connectivity index is 1.71. The lowest BCUT2D eigenvalue weighted by atomic mass is 10.1. The minimum absolute atomic E-state index is 0.0664. The fourth-order valence-corrected chi connectivity index (χ4v) is 4.17. The van der Waals surface area contributed by atoms with Crippen LogP contribution < -0.4 is 15.6 Å². The first-order valence-electron chi connectivity index (χ1n) is 9.15. The summed E-state index contributed by atoms with van der Waals surface area (Å²) in [5, 5.41) is 4.83. The second kappa shape index (κ2) is 8.08. The van der Waals surface area contributed by atoms with Crippen LogP contribution in [0.15, 0.2) is 58.7 Å². The number of hydrogen-bond acceptors (Lipinski definition) is 5. The SMILES string of the molecule is COc1ccc(-c2csc3nc(C)n(CC(=O)Nc4ccccc4F)c(=O)c23)cc1. The quantitative estimate of drug-likeness (QED) is 0.522. The van der Waals surface area contributed by atoms with E-state index >= 15 is 0 Å². The maximum atomic E-state index is 13.8. The van der Waals surface area contributed by atoms with Crippen LogP contribution in [0.2, 0.25) is 0 Å². The number of hydrogen-bond donors (Lipinski definition) is 1. The molecule has 0 aliphatic rings. The molecule has 0 atom stereocenters. The fourth-order valence-electron chi connectivity index (χ4n) is 3.19. The molecule has 30 heavy (non-hydrogen) atoms. The van der Waals surface area contributed by atoms with E-state index in [0.717, 1.165) is 16.9 Å². The summed E-state index contributed by atoms with van der Waals surface area (Å²) < 4.78 is 20.3. The summed E-state index contributed by atoms with van der Waals surface area (Å²) in [5.74, 6) is 0.0876. The van der Waals surface area contributed by atoms with Gasteiger partial charge in [-0.05, 0) is 36.8 Å². The monoisotopic (exact) mass is 423 g/mol. The van der Waals surface area contributed by atoms with Gasteiger partial charge in [-0.25, -0.2) is 9.37 Å². The topological polar surface area (TPSA) is 73.2 Å². The zero-order valence-corrected chi connectivity index (χ0v) is 17.1. The van der Waals surface area contributed by atoms with Crippen LogP contribution >= 0.6 is 11.3 Å². The van der Waals surface area contributed by atoms with Gasteiger partial charge in [0.25, 0.3) is 5.56 Å². The first-order valence-corrected chi connectivity index (χ1v) is 10.0. The van der Waals surface area contributed by atoms with E-state index in [-0.39, 0.29) is 17.8 Å². The van der Waals surface area contributed by atoms with Gasteiger partial charge in [0, 0.05) is 10.9 Å². The van der Waals surface area contributed by atoms with Crippen LogP contribution in [0.4, 0.5) is 10.1 Å². The zero-order chi connectivity index (χ0) is 21.3. The number of amides is 1. The minimum Gasteiger partial charge on any atom is -0.497 e. The highest BCUT2D eigenvalue weighted by Gasteiger charge is 2.17.